The van der Waals surface area contributed by atoms with Gasteiger partial charge in [-0.2, -0.15) is 13.2 Å². The number of amides is 1. The predicted molar refractivity (Wildman–Crippen MR) is 89.2 cm³/mol. The van der Waals surface area contributed by atoms with E-state index >= 15 is 0 Å². The lowest BCUT2D eigenvalue weighted by molar-refractivity contribution is -0.139. The van der Waals surface area contributed by atoms with Crippen molar-refractivity contribution in [2.75, 3.05) is 13.2 Å². The number of aliphatic hydroxyl groups excluding tert-OH is 1. The number of carbonyl (C=O) groups excluding carboxylic acids is 1. The van der Waals surface area contributed by atoms with Gasteiger partial charge in [-0.05, 0) is 24.6 Å². The van der Waals surface area contributed by atoms with E-state index in [-0.39, 0.29) is 22.2 Å². The minimum atomic E-state index is -4.61. The quantitative estimate of drug-likeness (QED) is 0.793. The molecule has 26 heavy (non-hydrogen) atoms. The fourth-order valence-electron chi connectivity index (χ4n) is 2.24. The van der Waals surface area contributed by atoms with Crippen molar-refractivity contribution in [1.82, 2.24) is 10.3 Å². The average Bonchev–Trinajstić information content (AvgIpc) is 2.60. The molecule has 0 saturated carbocycles. The fraction of sp³-hybridized carbons (Fsp3) is 0.294. The molecule has 1 aromatic carbocycles. The molecule has 9 heteroatoms. The van der Waals surface area contributed by atoms with E-state index in [0.29, 0.717) is 6.61 Å². The number of pyridine rings is 1. The molecule has 1 unspecified atom stereocenters. The Morgan fingerprint density at radius 3 is 2.65 bits per heavy atom. The summed E-state index contributed by atoms with van der Waals surface area (Å²) in [6.07, 6.45) is -6.16. The Labute approximate surface area is 152 Å². The van der Waals surface area contributed by atoms with Gasteiger partial charge in [0.15, 0.2) is 5.69 Å². The molecule has 1 amide bonds. The number of nitrogens with zero attached hydrogens (tertiary/aromatic N) is 1. The monoisotopic (exact) mass is 388 g/mol. The minimum Gasteiger partial charge on any atom is -0.478 e. The SMILES string of the molecule is CCOc1ccc(Cl)c(C(=O)NCC(O)c2ccccc2C(F)(F)F)n1. The second-order valence-corrected chi connectivity index (χ2v) is 5.63. The summed E-state index contributed by atoms with van der Waals surface area (Å²) in [6, 6.07) is 7.52. The highest BCUT2D eigenvalue weighted by atomic mass is 35.5. The lowest BCUT2D eigenvalue weighted by Gasteiger charge is -2.18. The third kappa shape index (κ3) is 4.86. The van der Waals surface area contributed by atoms with Crippen LogP contribution < -0.4 is 10.1 Å². The summed E-state index contributed by atoms with van der Waals surface area (Å²) in [5.41, 5.74) is -1.44. The molecule has 0 saturated heterocycles. The number of hydrogen-bond acceptors (Lipinski definition) is 4. The van der Waals surface area contributed by atoms with Gasteiger partial charge in [-0.15, -0.1) is 0 Å². The molecule has 0 spiro atoms. The third-order valence-corrected chi connectivity index (χ3v) is 3.71. The maximum atomic E-state index is 13.0. The maximum absolute atomic E-state index is 13.0. The molecule has 0 aliphatic carbocycles. The number of halogens is 4. The van der Waals surface area contributed by atoms with Crippen molar-refractivity contribution in [1.29, 1.82) is 0 Å². The number of benzene rings is 1. The zero-order valence-corrected chi connectivity index (χ0v) is 14.4. The van der Waals surface area contributed by atoms with Crippen LogP contribution >= 0.6 is 11.6 Å². The van der Waals surface area contributed by atoms with Gasteiger partial charge in [-0.1, -0.05) is 29.8 Å². The van der Waals surface area contributed by atoms with Crippen LogP contribution in [-0.2, 0) is 6.18 Å². The van der Waals surface area contributed by atoms with Crippen LogP contribution in [0.2, 0.25) is 5.02 Å². The van der Waals surface area contributed by atoms with E-state index in [4.69, 9.17) is 16.3 Å². The van der Waals surface area contributed by atoms with Gasteiger partial charge >= 0.3 is 6.18 Å². The van der Waals surface area contributed by atoms with E-state index in [1.54, 1.807) is 6.92 Å². The van der Waals surface area contributed by atoms with Gasteiger partial charge < -0.3 is 15.2 Å². The molecule has 2 rings (SSSR count). The van der Waals surface area contributed by atoms with E-state index in [0.717, 1.165) is 12.1 Å². The Morgan fingerprint density at radius 2 is 2.00 bits per heavy atom. The lowest BCUT2D eigenvalue weighted by Crippen LogP contribution is -2.30. The summed E-state index contributed by atoms with van der Waals surface area (Å²) in [4.78, 5) is 16.1. The van der Waals surface area contributed by atoms with Gasteiger partial charge in [0.25, 0.3) is 5.91 Å². The molecular weight excluding hydrogens is 373 g/mol. The number of rotatable bonds is 6. The number of hydrogen-bond donors (Lipinski definition) is 2. The first-order valence-corrected chi connectivity index (χ1v) is 8.03. The van der Waals surface area contributed by atoms with Crippen molar-refractivity contribution in [3.8, 4) is 5.88 Å². The Kier molecular flexibility index (Phi) is 6.44. The van der Waals surface area contributed by atoms with E-state index in [1.165, 1.54) is 24.3 Å². The van der Waals surface area contributed by atoms with Crippen molar-refractivity contribution in [3.05, 3.63) is 58.2 Å². The second kappa shape index (κ2) is 8.37. The van der Waals surface area contributed by atoms with Gasteiger partial charge in [0.05, 0.1) is 23.3 Å². The molecule has 0 radical (unpaired) electrons. The van der Waals surface area contributed by atoms with Crippen LogP contribution in [0.25, 0.3) is 0 Å². The predicted octanol–water partition coefficient (Wildman–Crippen LogP) is 3.62. The Balaban J connectivity index is 2.12. The molecule has 0 aliphatic rings. The Hall–Kier alpha value is -2.32. The highest BCUT2D eigenvalue weighted by Gasteiger charge is 2.34. The number of ether oxygens (including phenoxy) is 1. The molecular formula is C17H16ClF3N2O3. The number of aliphatic hydroxyl groups is 1. The topological polar surface area (TPSA) is 71.5 Å². The Bertz CT molecular complexity index is 784. The van der Waals surface area contributed by atoms with Crippen LogP contribution in [0.3, 0.4) is 0 Å². The average molecular weight is 389 g/mol. The maximum Gasteiger partial charge on any atom is 0.416 e. The highest BCUT2D eigenvalue weighted by molar-refractivity contribution is 6.33. The third-order valence-electron chi connectivity index (χ3n) is 3.41. The molecule has 1 aromatic heterocycles. The number of aromatic nitrogens is 1. The summed E-state index contributed by atoms with van der Waals surface area (Å²) < 4.78 is 44.2. The molecule has 5 nitrogen and oxygen atoms in total. The molecule has 140 valence electrons. The first-order chi connectivity index (χ1) is 12.2. The summed E-state index contributed by atoms with van der Waals surface area (Å²) >= 11 is 5.92. The van der Waals surface area contributed by atoms with Crippen LogP contribution in [0, 0.1) is 0 Å². The van der Waals surface area contributed by atoms with E-state index in [9.17, 15) is 23.1 Å². The molecule has 0 bridgehead atoms. The van der Waals surface area contributed by atoms with Crippen LogP contribution in [0.4, 0.5) is 13.2 Å². The van der Waals surface area contributed by atoms with Gasteiger partial charge in [0.1, 0.15) is 0 Å². The summed E-state index contributed by atoms with van der Waals surface area (Å²) in [5.74, 6) is -0.551. The number of nitrogens with one attached hydrogen (secondary N) is 1. The lowest BCUT2D eigenvalue weighted by atomic mass is 10.0. The van der Waals surface area contributed by atoms with Gasteiger partial charge in [0, 0.05) is 12.6 Å². The Morgan fingerprint density at radius 1 is 1.31 bits per heavy atom. The molecule has 2 aromatic rings. The zero-order valence-electron chi connectivity index (χ0n) is 13.7. The van der Waals surface area contributed by atoms with Gasteiger partial charge in [-0.25, -0.2) is 4.98 Å². The van der Waals surface area contributed by atoms with Crippen LogP contribution in [0.5, 0.6) is 5.88 Å². The van der Waals surface area contributed by atoms with Crippen LogP contribution in [0.1, 0.15) is 34.6 Å². The molecule has 2 N–H and O–H groups in total. The fourth-order valence-corrected chi connectivity index (χ4v) is 2.43. The van der Waals surface area contributed by atoms with Crippen LogP contribution in [-0.4, -0.2) is 29.1 Å². The highest BCUT2D eigenvalue weighted by Crippen LogP contribution is 2.34. The van der Waals surface area contributed by atoms with E-state index in [1.807, 2.05) is 0 Å². The van der Waals surface area contributed by atoms with Crippen LogP contribution in [0.15, 0.2) is 36.4 Å². The van der Waals surface area contributed by atoms with Gasteiger partial charge in [-0.3, -0.25) is 4.79 Å². The number of alkyl halides is 3. The largest absolute Gasteiger partial charge is 0.478 e. The van der Waals surface area contributed by atoms with Gasteiger partial charge in [0.2, 0.25) is 5.88 Å². The second-order valence-electron chi connectivity index (χ2n) is 5.22. The molecule has 1 heterocycles. The normalized spacial score (nSPS) is 12.5. The smallest absolute Gasteiger partial charge is 0.416 e. The first kappa shape index (κ1) is 20.0. The first-order valence-electron chi connectivity index (χ1n) is 7.65. The number of carbonyl (C=O) groups is 1. The van der Waals surface area contributed by atoms with Crippen molar-refractivity contribution in [2.24, 2.45) is 0 Å². The molecule has 0 aliphatic heterocycles. The zero-order chi connectivity index (χ0) is 19.3. The minimum absolute atomic E-state index is 0.0520. The molecule has 0 fully saturated rings. The van der Waals surface area contributed by atoms with E-state index < -0.39 is 30.3 Å². The van der Waals surface area contributed by atoms with Crippen molar-refractivity contribution in [2.45, 2.75) is 19.2 Å². The van der Waals surface area contributed by atoms with Crippen molar-refractivity contribution >= 4 is 17.5 Å². The summed E-state index contributed by atoms with van der Waals surface area (Å²) in [6.45, 7) is 1.63. The standard InChI is InChI=1S/C17H16ClF3N2O3/c1-2-26-14-8-7-12(18)15(23-14)16(25)22-9-13(24)10-5-3-4-6-11(10)17(19,20)21/h3-8,13,24H,2,9H2,1H3,(H,22,25). The van der Waals surface area contributed by atoms with E-state index in [2.05, 4.69) is 10.3 Å². The molecule has 1 atom stereocenters. The van der Waals surface area contributed by atoms with Crippen molar-refractivity contribution < 1.29 is 27.8 Å². The summed E-state index contributed by atoms with van der Waals surface area (Å²) in [5, 5.41) is 12.5. The summed E-state index contributed by atoms with van der Waals surface area (Å²) in [7, 11) is 0. The van der Waals surface area contributed by atoms with Crippen molar-refractivity contribution in [3.63, 3.8) is 0 Å².